The molecule has 2 atom stereocenters. The Morgan fingerprint density at radius 3 is 2.35 bits per heavy atom. The number of benzene rings is 2. The molecule has 0 radical (unpaired) electrons. The van der Waals surface area contributed by atoms with Gasteiger partial charge in [-0.15, -0.1) is 0 Å². The summed E-state index contributed by atoms with van der Waals surface area (Å²) in [6.07, 6.45) is -0.491. The number of hydrogen-bond donors (Lipinski definition) is 1. The molecule has 2 aromatic carbocycles. The molecule has 2 unspecified atom stereocenters. The van der Waals surface area contributed by atoms with E-state index < -0.39 is 6.10 Å². The second-order valence-corrected chi connectivity index (χ2v) is 4.86. The summed E-state index contributed by atoms with van der Waals surface area (Å²) in [5, 5.41) is 0. The highest BCUT2D eigenvalue weighted by Gasteiger charge is 2.19. The number of rotatable bonds is 4. The van der Waals surface area contributed by atoms with Gasteiger partial charge in [-0.2, -0.15) is 0 Å². The van der Waals surface area contributed by atoms with E-state index in [-0.39, 0.29) is 17.7 Å². The molecule has 0 aliphatic rings. The van der Waals surface area contributed by atoms with Crippen LogP contribution >= 0.6 is 0 Å². The van der Waals surface area contributed by atoms with Crippen LogP contribution in [0.2, 0.25) is 0 Å². The number of nitrogens with two attached hydrogens (primary N) is 1. The van der Waals surface area contributed by atoms with Gasteiger partial charge in [0.25, 0.3) is 0 Å². The van der Waals surface area contributed by atoms with Crippen LogP contribution in [0.25, 0.3) is 0 Å². The molecule has 0 aliphatic carbocycles. The first-order chi connectivity index (χ1) is 9.47. The summed E-state index contributed by atoms with van der Waals surface area (Å²) in [7, 11) is 0. The Bertz CT molecular complexity index is 599. The highest BCUT2D eigenvalue weighted by atomic mass is 19.1. The van der Waals surface area contributed by atoms with Gasteiger partial charge < -0.3 is 10.5 Å². The van der Waals surface area contributed by atoms with Crippen LogP contribution in [0.5, 0.6) is 5.75 Å². The number of ether oxygens (including phenoxy) is 1. The van der Waals surface area contributed by atoms with Gasteiger partial charge in [-0.25, -0.2) is 8.78 Å². The van der Waals surface area contributed by atoms with Crippen molar-refractivity contribution in [3.63, 3.8) is 0 Å². The Balaban J connectivity index is 2.30. The first-order valence-electron chi connectivity index (χ1n) is 6.41. The van der Waals surface area contributed by atoms with Crippen molar-refractivity contribution in [2.24, 2.45) is 5.73 Å². The van der Waals surface area contributed by atoms with E-state index in [1.54, 1.807) is 32.0 Å². The minimum Gasteiger partial charge on any atom is -0.484 e. The Kier molecular flexibility index (Phi) is 4.35. The highest BCUT2D eigenvalue weighted by Crippen LogP contribution is 2.27. The zero-order chi connectivity index (χ0) is 14.7. The van der Waals surface area contributed by atoms with E-state index in [2.05, 4.69) is 0 Å². The van der Waals surface area contributed by atoms with Gasteiger partial charge in [-0.1, -0.05) is 12.1 Å². The lowest BCUT2D eigenvalue weighted by Crippen LogP contribution is -2.29. The molecule has 0 spiro atoms. The second kappa shape index (κ2) is 6.01. The Morgan fingerprint density at radius 1 is 1.05 bits per heavy atom. The molecule has 2 nitrogen and oxygen atoms in total. The number of hydrogen-bond acceptors (Lipinski definition) is 2. The van der Waals surface area contributed by atoms with Gasteiger partial charge in [0.1, 0.15) is 23.5 Å². The van der Waals surface area contributed by atoms with Crippen molar-refractivity contribution in [1.29, 1.82) is 0 Å². The molecule has 2 N–H and O–H groups in total. The molecule has 0 heterocycles. The largest absolute Gasteiger partial charge is 0.484 e. The molecule has 0 fully saturated rings. The summed E-state index contributed by atoms with van der Waals surface area (Å²) >= 11 is 0. The minimum absolute atomic E-state index is 0.321. The average molecular weight is 277 g/mol. The molecule has 0 aromatic heterocycles. The Labute approximate surface area is 117 Å². The van der Waals surface area contributed by atoms with Crippen LogP contribution in [-0.4, -0.2) is 6.04 Å². The SMILES string of the molecule is Cc1cc(F)ccc1OC(c1cccc(F)c1)C(C)N. The lowest BCUT2D eigenvalue weighted by Gasteiger charge is -2.24. The van der Waals surface area contributed by atoms with E-state index in [0.29, 0.717) is 16.9 Å². The fourth-order valence-corrected chi connectivity index (χ4v) is 2.04. The van der Waals surface area contributed by atoms with Gasteiger partial charge in [-0.05, 0) is 55.3 Å². The van der Waals surface area contributed by atoms with E-state index >= 15 is 0 Å². The molecule has 0 amide bonds. The minimum atomic E-state index is -0.491. The average Bonchev–Trinajstić information content (AvgIpc) is 2.37. The van der Waals surface area contributed by atoms with Gasteiger partial charge in [0.15, 0.2) is 0 Å². The van der Waals surface area contributed by atoms with Gasteiger partial charge in [0.05, 0.1) is 0 Å². The monoisotopic (exact) mass is 277 g/mol. The molecule has 0 saturated carbocycles. The molecular formula is C16H17F2NO. The lowest BCUT2D eigenvalue weighted by molar-refractivity contribution is 0.178. The zero-order valence-electron chi connectivity index (χ0n) is 11.4. The number of aryl methyl sites for hydroxylation is 1. The van der Waals surface area contributed by atoms with Gasteiger partial charge >= 0.3 is 0 Å². The Hall–Kier alpha value is -1.94. The van der Waals surface area contributed by atoms with Crippen LogP contribution in [0, 0.1) is 18.6 Å². The van der Waals surface area contributed by atoms with E-state index in [1.807, 2.05) is 0 Å². The first-order valence-corrected chi connectivity index (χ1v) is 6.41. The maximum atomic E-state index is 13.3. The summed E-state index contributed by atoms with van der Waals surface area (Å²) in [5.74, 6) is -0.122. The van der Waals surface area contributed by atoms with Crippen molar-refractivity contribution >= 4 is 0 Å². The van der Waals surface area contributed by atoms with Gasteiger partial charge in [0, 0.05) is 6.04 Å². The molecule has 0 bridgehead atoms. The van der Waals surface area contributed by atoms with Crippen molar-refractivity contribution in [1.82, 2.24) is 0 Å². The van der Waals surface area contributed by atoms with Crippen LogP contribution in [-0.2, 0) is 0 Å². The smallest absolute Gasteiger partial charge is 0.139 e. The van der Waals surface area contributed by atoms with Crippen LogP contribution < -0.4 is 10.5 Å². The second-order valence-electron chi connectivity index (χ2n) is 4.86. The van der Waals surface area contributed by atoms with Crippen molar-refractivity contribution in [2.45, 2.75) is 26.0 Å². The van der Waals surface area contributed by atoms with Crippen LogP contribution in [0.15, 0.2) is 42.5 Å². The van der Waals surface area contributed by atoms with Crippen LogP contribution in [0.4, 0.5) is 8.78 Å². The third-order valence-electron chi connectivity index (χ3n) is 3.05. The molecule has 106 valence electrons. The summed E-state index contributed by atoms with van der Waals surface area (Å²) < 4.78 is 32.2. The fraction of sp³-hybridized carbons (Fsp3) is 0.250. The summed E-state index contributed by atoms with van der Waals surface area (Å²) in [6, 6.07) is 10.1. The molecular weight excluding hydrogens is 260 g/mol. The predicted molar refractivity (Wildman–Crippen MR) is 74.6 cm³/mol. The highest BCUT2D eigenvalue weighted by molar-refractivity contribution is 5.34. The van der Waals surface area contributed by atoms with Crippen molar-refractivity contribution in [3.8, 4) is 5.75 Å². The molecule has 2 aromatic rings. The van der Waals surface area contributed by atoms with Gasteiger partial charge in [-0.3, -0.25) is 0 Å². The normalized spacial score (nSPS) is 13.8. The van der Waals surface area contributed by atoms with Crippen molar-refractivity contribution in [2.75, 3.05) is 0 Å². The quantitative estimate of drug-likeness (QED) is 0.924. The van der Waals surface area contributed by atoms with Crippen LogP contribution in [0.3, 0.4) is 0 Å². The summed E-state index contributed by atoms with van der Waals surface area (Å²) in [4.78, 5) is 0. The predicted octanol–water partition coefficient (Wildman–Crippen LogP) is 3.74. The molecule has 2 rings (SSSR count). The maximum absolute atomic E-state index is 13.3. The van der Waals surface area contributed by atoms with E-state index in [9.17, 15) is 8.78 Å². The van der Waals surface area contributed by atoms with Crippen molar-refractivity contribution in [3.05, 3.63) is 65.2 Å². The number of halogens is 2. The van der Waals surface area contributed by atoms with E-state index in [0.717, 1.165) is 0 Å². The molecule has 0 aliphatic heterocycles. The lowest BCUT2D eigenvalue weighted by atomic mass is 10.0. The van der Waals surface area contributed by atoms with E-state index in [1.165, 1.54) is 24.3 Å². The summed E-state index contributed by atoms with van der Waals surface area (Å²) in [5.41, 5.74) is 7.25. The van der Waals surface area contributed by atoms with E-state index in [4.69, 9.17) is 10.5 Å². The fourth-order valence-electron chi connectivity index (χ4n) is 2.04. The topological polar surface area (TPSA) is 35.2 Å². The first kappa shape index (κ1) is 14.5. The van der Waals surface area contributed by atoms with Gasteiger partial charge in [0.2, 0.25) is 0 Å². The maximum Gasteiger partial charge on any atom is 0.139 e. The zero-order valence-corrected chi connectivity index (χ0v) is 11.4. The molecule has 4 heteroatoms. The van der Waals surface area contributed by atoms with Crippen molar-refractivity contribution < 1.29 is 13.5 Å². The van der Waals surface area contributed by atoms with Crippen LogP contribution in [0.1, 0.15) is 24.2 Å². The standard InChI is InChI=1S/C16H17F2NO/c1-10-8-14(18)6-7-15(10)20-16(11(2)19)12-4-3-5-13(17)9-12/h3-9,11,16H,19H2,1-2H3. The third kappa shape index (κ3) is 3.33. The molecule has 20 heavy (non-hydrogen) atoms. The summed E-state index contributed by atoms with van der Waals surface area (Å²) in [6.45, 7) is 3.54. The third-order valence-corrected chi connectivity index (χ3v) is 3.05. The Morgan fingerprint density at radius 2 is 1.75 bits per heavy atom. The molecule has 0 saturated heterocycles.